The Morgan fingerprint density at radius 3 is 2.90 bits per heavy atom. The van der Waals surface area contributed by atoms with E-state index in [4.69, 9.17) is 4.74 Å². The molecule has 7 nitrogen and oxygen atoms in total. The number of nitrogens with zero attached hydrogens (tertiary/aromatic N) is 5. The smallest absolute Gasteiger partial charge is 0.216 e. The zero-order chi connectivity index (χ0) is 14.4. The maximum absolute atomic E-state index is 5.16. The molecule has 2 aromatic heterocycles. The lowest BCUT2D eigenvalue weighted by atomic mass is 10.1. The van der Waals surface area contributed by atoms with Crippen molar-refractivity contribution < 1.29 is 4.74 Å². The van der Waals surface area contributed by atoms with Gasteiger partial charge in [-0.15, -0.1) is 5.10 Å². The number of methoxy groups -OCH3 is 1. The summed E-state index contributed by atoms with van der Waals surface area (Å²) in [7, 11) is 1.59. The van der Waals surface area contributed by atoms with Gasteiger partial charge in [0.25, 0.3) is 0 Å². The van der Waals surface area contributed by atoms with Crippen LogP contribution in [0, 0.1) is 0 Å². The largest absolute Gasteiger partial charge is 0.481 e. The van der Waals surface area contributed by atoms with Crippen molar-refractivity contribution in [1.82, 2.24) is 30.3 Å². The molecule has 0 aliphatic rings. The molecule has 2 rings (SSSR count). The molecular weight excluding hydrogens is 256 g/mol. The SMILES string of the molecule is CCCn1nncc1C(NCC)c1cc(OC)ncn1. The second kappa shape index (κ2) is 6.95. The normalized spacial score (nSPS) is 12.3. The van der Waals surface area contributed by atoms with E-state index in [0.29, 0.717) is 5.88 Å². The highest BCUT2D eigenvalue weighted by Gasteiger charge is 2.20. The lowest BCUT2D eigenvalue weighted by Crippen LogP contribution is -2.26. The average molecular weight is 276 g/mol. The van der Waals surface area contributed by atoms with Gasteiger partial charge in [-0.3, -0.25) is 0 Å². The number of aromatic nitrogens is 5. The monoisotopic (exact) mass is 276 g/mol. The van der Waals surface area contributed by atoms with Crippen molar-refractivity contribution >= 4 is 0 Å². The van der Waals surface area contributed by atoms with Gasteiger partial charge in [-0.05, 0) is 13.0 Å². The molecule has 0 saturated heterocycles. The van der Waals surface area contributed by atoms with Crippen molar-refractivity contribution in [2.24, 2.45) is 0 Å². The zero-order valence-electron chi connectivity index (χ0n) is 12.1. The van der Waals surface area contributed by atoms with E-state index in [9.17, 15) is 0 Å². The standard InChI is InChI=1S/C13H20N6O/c1-4-6-19-11(8-17-18-19)13(14-5-2)10-7-12(20-3)16-9-15-10/h7-9,13-14H,4-6H2,1-3H3. The van der Waals surface area contributed by atoms with Crippen LogP contribution in [0.25, 0.3) is 0 Å². The predicted octanol–water partition coefficient (Wildman–Crippen LogP) is 1.19. The summed E-state index contributed by atoms with van der Waals surface area (Å²) in [5.74, 6) is 0.549. The topological polar surface area (TPSA) is 77.8 Å². The quantitative estimate of drug-likeness (QED) is 0.818. The summed E-state index contributed by atoms with van der Waals surface area (Å²) >= 11 is 0. The molecule has 0 aromatic carbocycles. The van der Waals surface area contributed by atoms with Crippen LogP contribution < -0.4 is 10.1 Å². The fourth-order valence-electron chi connectivity index (χ4n) is 2.06. The van der Waals surface area contributed by atoms with Crippen molar-refractivity contribution in [2.75, 3.05) is 13.7 Å². The second-order valence-electron chi connectivity index (χ2n) is 4.36. The van der Waals surface area contributed by atoms with Crippen LogP contribution in [0.3, 0.4) is 0 Å². The van der Waals surface area contributed by atoms with Crippen molar-refractivity contribution in [3.8, 4) is 5.88 Å². The molecule has 1 N–H and O–H groups in total. The van der Waals surface area contributed by atoms with Gasteiger partial charge in [0.2, 0.25) is 5.88 Å². The van der Waals surface area contributed by atoms with Gasteiger partial charge in [0.1, 0.15) is 6.33 Å². The Kier molecular flexibility index (Phi) is 5.00. The van der Waals surface area contributed by atoms with Gasteiger partial charge in [0.15, 0.2) is 0 Å². The number of aryl methyl sites for hydroxylation is 1. The van der Waals surface area contributed by atoms with Crippen molar-refractivity contribution in [2.45, 2.75) is 32.9 Å². The van der Waals surface area contributed by atoms with E-state index in [1.165, 1.54) is 6.33 Å². The van der Waals surface area contributed by atoms with Crippen LogP contribution in [-0.4, -0.2) is 38.6 Å². The lowest BCUT2D eigenvalue weighted by molar-refractivity contribution is 0.394. The maximum Gasteiger partial charge on any atom is 0.216 e. The third-order valence-electron chi connectivity index (χ3n) is 2.96. The zero-order valence-corrected chi connectivity index (χ0v) is 12.1. The molecule has 0 saturated carbocycles. The minimum Gasteiger partial charge on any atom is -0.481 e. The van der Waals surface area contributed by atoms with Crippen molar-refractivity contribution in [3.63, 3.8) is 0 Å². The first-order chi connectivity index (χ1) is 9.80. The summed E-state index contributed by atoms with van der Waals surface area (Å²) in [6.07, 6.45) is 4.28. The molecule has 0 aliphatic carbocycles. The molecule has 0 spiro atoms. The van der Waals surface area contributed by atoms with Gasteiger partial charge < -0.3 is 10.1 Å². The molecule has 2 heterocycles. The van der Waals surface area contributed by atoms with E-state index in [2.05, 4.69) is 39.4 Å². The molecule has 0 radical (unpaired) electrons. The van der Waals surface area contributed by atoms with Gasteiger partial charge in [-0.25, -0.2) is 14.6 Å². The summed E-state index contributed by atoms with van der Waals surface area (Å²) in [5, 5.41) is 11.5. The van der Waals surface area contributed by atoms with E-state index < -0.39 is 0 Å². The predicted molar refractivity (Wildman–Crippen MR) is 74.4 cm³/mol. The Morgan fingerprint density at radius 1 is 1.35 bits per heavy atom. The number of ether oxygens (including phenoxy) is 1. The number of hydrogen-bond acceptors (Lipinski definition) is 6. The second-order valence-corrected chi connectivity index (χ2v) is 4.36. The highest BCUT2D eigenvalue weighted by atomic mass is 16.5. The molecule has 108 valence electrons. The molecule has 0 bridgehead atoms. The molecule has 0 amide bonds. The van der Waals surface area contributed by atoms with E-state index in [0.717, 1.165) is 30.9 Å². The minimum atomic E-state index is -0.0709. The summed E-state index contributed by atoms with van der Waals surface area (Å²) in [6.45, 7) is 5.81. The van der Waals surface area contributed by atoms with Crippen LogP contribution in [0.5, 0.6) is 5.88 Å². The Hall–Kier alpha value is -2.02. The van der Waals surface area contributed by atoms with Gasteiger partial charge in [0.05, 0.1) is 30.7 Å². The van der Waals surface area contributed by atoms with E-state index in [1.807, 2.05) is 10.7 Å². The molecule has 7 heteroatoms. The Balaban J connectivity index is 2.36. The molecule has 1 atom stereocenters. The third kappa shape index (κ3) is 3.11. The number of hydrogen-bond donors (Lipinski definition) is 1. The van der Waals surface area contributed by atoms with Gasteiger partial charge >= 0.3 is 0 Å². The van der Waals surface area contributed by atoms with E-state index in [1.54, 1.807) is 13.3 Å². The first-order valence-corrected chi connectivity index (χ1v) is 6.77. The Morgan fingerprint density at radius 2 is 2.20 bits per heavy atom. The summed E-state index contributed by atoms with van der Waals surface area (Å²) in [5.41, 5.74) is 1.84. The fourth-order valence-corrected chi connectivity index (χ4v) is 2.06. The van der Waals surface area contributed by atoms with Crippen LogP contribution in [-0.2, 0) is 6.54 Å². The molecule has 0 fully saturated rings. The molecule has 1 unspecified atom stereocenters. The minimum absolute atomic E-state index is 0.0709. The highest BCUT2D eigenvalue weighted by molar-refractivity contribution is 5.23. The van der Waals surface area contributed by atoms with Crippen LogP contribution in [0.4, 0.5) is 0 Å². The van der Waals surface area contributed by atoms with Gasteiger partial charge in [-0.1, -0.05) is 19.1 Å². The van der Waals surface area contributed by atoms with Gasteiger partial charge in [-0.2, -0.15) is 0 Å². The third-order valence-corrected chi connectivity index (χ3v) is 2.96. The highest BCUT2D eigenvalue weighted by Crippen LogP contribution is 2.21. The Bertz CT molecular complexity index is 541. The molecular formula is C13H20N6O. The lowest BCUT2D eigenvalue weighted by Gasteiger charge is -2.18. The average Bonchev–Trinajstić information content (AvgIpc) is 2.93. The van der Waals surface area contributed by atoms with E-state index in [-0.39, 0.29) is 6.04 Å². The maximum atomic E-state index is 5.16. The van der Waals surface area contributed by atoms with Crippen molar-refractivity contribution in [1.29, 1.82) is 0 Å². The number of nitrogens with one attached hydrogen (secondary N) is 1. The summed E-state index contributed by atoms with van der Waals surface area (Å²) < 4.78 is 7.07. The molecule has 2 aromatic rings. The van der Waals surface area contributed by atoms with Crippen molar-refractivity contribution in [3.05, 3.63) is 30.0 Å². The van der Waals surface area contributed by atoms with Crippen LogP contribution in [0.2, 0.25) is 0 Å². The van der Waals surface area contributed by atoms with Crippen LogP contribution in [0.1, 0.15) is 37.7 Å². The molecule has 20 heavy (non-hydrogen) atoms. The summed E-state index contributed by atoms with van der Waals surface area (Å²) in [6, 6.07) is 1.76. The van der Waals surface area contributed by atoms with Crippen LogP contribution >= 0.6 is 0 Å². The first kappa shape index (κ1) is 14.4. The fraction of sp³-hybridized carbons (Fsp3) is 0.538. The first-order valence-electron chi connectivity index (χ1n) is 6.77. The molecule has 0 aliphatic heterocycles. The van der Waals surface area contributed by atoms with Gasteiger partial charge in [0, 0.05) is 12.6 Å². The number of rotatable bonds is 7. The van der Waals surface area contributed by atoms with E-state index >= 15 is 0 Å². The summed E-state index contributed by atoms with van der Waals surface area (Å²) in [4.78, 5) is 8.38. The van der Waals surface area contributed by atoms with Crippen LogP contribution in [0.15, 0.2) is 18.6 Å². The Labute approximate surface area is 118 Å².